The van der Waals surface area contributed by atoms with Gasteiger partial charge >= 0.3 is 0 Å². The van der Waals surface area contributed by atoms with Crippen LogP contribution in [0.15, 0.2) is 60.9 Å². The van der Waals surface area contributed by atoms with Crippen molar-refractivity contribution in [3.8, 4) is 11.4 Å². The quantitative estimate of drug-likeness (QED) is 0.726. The SMILES string of the molecule is O=C(Cc1cccc(F)c1)N1CCC(n2cnnc2-c2ccccc2)C1. The van der Waals surface area contributed by atoms with Gasteiger partial charge in [0.2, 0.25) is 5.91 Å². The summed E-state index contributed by atoms with van der Waals surface area (Å²) in [5.74, 6) is 0.522. The molecule has 4 rings (SSSR count). The van der Waals surface area contributed by atoms with E-state index in [-0.39, 0.29) is 24.2 Å². The van der Waals surface area contributed by atoms with Crippen LogP contribution in [0.5, 0.6) is 0 Å². The summed E-state index contributed by atoms with van der Waals surface area (Å²) in [6, 6.07) is 16.3. The molecular formula is C20H19FN4O. The number of aromatic nitrogens is 3. The van der Waals surface area contributed by atoms with Gasteiger partial charge in [-0.05, 0) is 24.1 Å². The molecule has 1 aliphatic heterocycles. The van der Waals surface area contributed by atoms with Crippen molar-refractivity contribution in [3.63, 3.8) is 0 Å². The number of hydrogen-bond acceptors (Lipinski definition) is 3. The van der Waals surface area contributed by atoms with Gasteiger partial charge in [0.1, 0.15) is 12.1 Å². The third-order valence-corrected chi connectivity index (χ3v) is 4.76. The summed E-state index contributed by atoms with van der Waals surface area (Å²) < 4.78 is 15.4. The van der Waals surface area contributed by atoms with Gasteiger partial charge in [0, 0.05) is 18.7 Å². The molecule has 1 fully saturated rings. The molecule has 0 bridgehead atoms. The van der Waals surface area contributed by atoms with Crippen molar-refractivity contribution in [2.75, 3.05) is 13.1 Å². The largest absolute Gasteiger partial charge is 0.340 e. The molecule has 5 nitrogen and oxygen atoms in total. The fraction of sp³-hybridized carbons (Fsp3) is 0.250. The molecule has 0 saturated carbocycles. The van der Waals surface area contributed by atoms with E-state index in [1.807, 2.05) is 39.8 Å². The second kappa shape index (κ2) is 7.07. The van der Waals surface area contributed by atoms with Gasteiger partial charge < -0.3 is 9.47 Å². The topological polar surface area (TPSA) is 51.0 Å². The first-order chi connectivity index (χ1) is 12.7. The van der Waals surface area contributed by atoms with Gasteiger partial charge in [0.05, 0.1) is 12.5 Å². The highest BCUT2D eigenvalue weighted by Crippen LogP contribution is 2.27. The lowest BCUT2D eigenvalue weighted by Gasteiger charge is -2.18. The van der Waals surface area contributed by atoms with Crippen LogP contribution in [0.1, 0.15) is 18.0 Å². The summed E-state index contributed by atoms with van der Waals surface area (Å²) in [6.07, 6.45) is 2.80. The van der Waals surface area contributed by atoms with E-state index in [1.54, 1.807) is 18.5 Å². The molecule has 6 heteroatoms. The number of halogens is 1. The molecule has 26 heavy (non-hydrogen) atoms. The summed E-state index contributed by atoms with van der Waals surface area (Å²) in [5.41, 5.74) is 1.71. The first-order valence-corrected chi connectivity index (χ1v) is 8.68. The average molecular weight is 350 g/mol. The molecule has 1 aliphatic rings. The Morgan fingerprint density at radius 3 is 2.81 bits per heavy atom. The zero-order valence-corrected chi connectivity index (χ0v) is 14.3. The number of carbonyl (C=O) groups excluding carboxylic acids is 1. The van der Waals surface area contributed by atoms with Gasteiger partial charge in [-0.1, -0.05) is 42.5 Å². The summed E-state index contributed by atoms with van der Waals surface area (Å²) in [6.45, 7) is 1.30. The first kappa shape index (κ1) is 16.4. The smallest absolute Gasteiger partial charge is 0.227 e. The number of amides is 1. The van der Waals surface area contributed by atoms with E-state index in [0.717, 1.165) is 17.8 Å². The van der Waals surface area contributed by atoms with Gasteiger partial charge in [0.25, 0.3) is 0 Å². The fourth-order valence-corrected chi connectivity index (χ4v) is 3.43. The number of hydrogen-bond donors (Lipinski definition) is 0. The van der Waals surface area contributed by atoms with E-state index in [0.29, 0.717) is 18.7 Å². The Morgan fingerprint density at radius 2 is 2.00 bits per heavy atom. The summed E-state index contributed by atoms with van der Waals surface area (Å²) >= 11 is 0. The number of carbonyl (C=O) groups is 1. The van der Waals surface area contributed by atoms with Gasteiger partial charge in [-0.2, -0.15) is 0 Å². The molecule has 1 atom stereocenters. The summed E-state index contributed by atoms with van der Waals surface area (Å²) in [5, 5.41) is 8.30. The van der Waals surface area contributed by atoms with Crippen LogP contribution < -0.4 is 0 Å². The first-order valence-electron chi connectivity index (χ1n) is 8.68. The van der Waals surface area contributed by atoms with E-state index in [4.69, 9.17) is 0 Å². The van der Waals surface area contributed by atoms with Crippen molar-refractivity contribution in [2.24, 2.45) is 0 Å². The predicted molar refractivity (Wildman–Crippen MR) is 95.8 cm³/mol. The van der Waals surface area contributed by atoms with Gasteiger partial charge in [-0.3, -0.25) is 4.79 Å². The number of benzene rings is 2. The van der Waals surface area contributed by atoms with Crippen LogP contribution in [-0.4, -0.2) is 38.7 Å². The van der Waals surface area contributed by atoms with E-state index >= 15 is 0 Å². The highest BCUT2D eigenvalue weighted by Gasteiger charge is 2.29. The van der Waals surface area contributed by atoms with Crippen molar-refractivity contribution >= 4 is 5.91 Å². The maximum absolute atomic E-state index is 13.3. The molecular weight excluding hydrogens is 331 g/mol. The molecule has 0 spiro atoms. The molecule has 1 unspecified atom stereocenters. The lowest BCUT2D eigenvalue weighted by molar-refractivity contribution is -0.129. The molecule has 1 amide bonds. The van der Waals surface area contributed by atoms with Crippen LogP contribution in [-0.2, 0) is 11.2 Å². The van der Waals surface area contributed by atoms with Crippen LogP contribution in [0.3, 0.4) is 0 Å². The monoisotopic (exact) mass is 350 g/mol. The third-order valence-electron chi connectivity index (χ3n) is 4.76. The van der Waals surface area contributed by atoms with Gasteiger partial charge in [-0.15, -0.1) is 10.2 Å². The predicted octanol–water partition coefficient (Wildman–Crippen LogP) is 3.10. The highest BCUT2D eigenvalue weighted by atomic mass is 19.1. The molecule has 132 valence electrons. The molecule has 0 radical (unpaired) electrons. The summed E-state index contributed by atoms with van der Waals surface area (Å²) in [4.78, 5) is 14.4. The third kappa shape index (κ3) is 3.35. The molecule has 1 saturated heterocycles. The van der Waals surface area contributed by atoms with Gasteiger partial charge in [-0.25, -0.2) is 4.39 Å². The minimum Gasteiger partial charge on any atom is -0.340 e. The van der Waals surface area contributed by atoms with Crippen LogP contribution >= 0.6 is 0 Å². The van der Waals surface area contributed by atoms with Crippen LogP contribution in [0, 0.1) is 5.82 Å². The van der Waals surface area contributed by atoms with E-state index in [9.17, 15) is 9.18 Å². The van der Waals surface area contributed by atoms with E-state index in [2.05, 4.69) is 10.2 Å². The van der Waals surface area contributed by atoms with Crippen molar-refractivity contribution in [3.05, 3.63) is 72.3 Å². The lowest BCUT2D eigenvalue weighted by atomic mass is 10.1. The maximum Gasteiger partial charge on any atom is 0.227 e. The Bertz CT molecular complexity index is 909. The number of nitrogens with zero attached hydrogens (tertiary/aromatic N) is 4. The second-order valence-electron chi connectivity index (χ2n) is 6.52. The zero-order chi connectivity index (χ0) is 17.9. The fourth-order valence-electron chi connectivity index (χ4n) is 3.43. The van der Waals surface area contributed by atoms with Crippen LogP contribution in [0.25, 0.3) is 11.4 Å². The van der Waals surface area contributed by atoms with Gasteiger partial charge in [0.15, 0.2) is 5.82 Å². The molecule has 0 N–H and O–H groups in total. The lowest BCUT2D eigenvalue weighted by Crippen LogP contribution is -2.30. The van der Waals surface area contributed by atoms with Crippen LogP contribution in [0.4, 0.5) is 4.39 Å². The highest BCUT2D eigenvalue weighted by molar-refractivity contribution is 5.79. The van der Waals surface area contributed by atoms with Crippen LogP contribution in [0.2, 0.25) is 0 Å². The Balaban J connectivity index is 1.46. The van der Waals surface area contributed by atoms with E-state index < -0.39 is 0 Å². The maximum atomic E-state index is 13.3. The Morgan fingerprint density at radius 1 is 1.15 bits per heavy atom. The number of rotatable bonds is 4. The van der Waals surface area contributed by atoms with E-state index in [1.165, 1.54) is 12.1 Å². The average Bonchev–Trinajstić information content (AvgIpc) is 3.32. The second-order valence-corrected chi connectivity index (χ2v) is 6.52. The minimum absolute atomic E-state index is 0.0208. The minimum atomic E-state index is -0.313. The standard InChI is InChI=1S/C20H19FN4O/c21-17-8-4-5-15(11-17)12-19(26)24-10-9-18(13-24)25-14-22-23-20(25)16-6-2-1-3-7-16/h1-8,11,14,18H,9-10,12-13H2. The normalized spacial score (nSPS) is 16.8. The van der Waals surface area contributed by atoms with Crippen molar-refractivity contribution < 1.29 is 9.18 Å². The molecule has 0 aliphatic carbocycles. The molecule has 1 aromatic heterocycles. The van der Waals surface area contributed by atoms with Crippen molar-refractivity contribution in [1.29, 1.82) is 0 Å². The summed E-state index contributed by atoms with van der Waals surface area (Å²) in [7, 11) is 0. The molecule has 2 aromatic carbocycles. The Hall–Kier alpha value is -3.02. The Kier molecular flexibility index (Phi) is 4.48. The Labute approximate surface area is 151 Å². The van der Waals surface area contributed by atoms with Crippen molar-refractivity contribution in [2.45, 2.75) is 18.9 Å². The zero-order valence-electron chi connectivity index (χ0n) is 14.3. The number of likely N-dealkylation sites (tertiary alicyclic amines) is 1. The van der Waals surface area contributed by atoms with Crippen molar-refractivity contribution in [1.82, 2.24) is 19.7 Å². The molecule has 2 heterocycles. The molecule has 3 aromatic rings.